The van der Waals surface area contributed by atoms with Gasteiger partial charge in [0.25, 0.3) is 0 Å². The second-order valence-corrected chi connectivity index (χ2v) is 5.80. The van der Waals surface area contributed by atoms with Crippen LogP contribution in [-0.2, 0) is 6.54 Å². The van der Waals surface area contributed by atoms with E-state index in [-0.39, 0.29) is 5.82 Å². The van der Waals surface area contributed by atoms with E-state index in [0.29, 0.717) is 28.1 Å². The summed E-state index contributed by atoms with van der Waals surface area (Å²) >= 11 is 6.25. The quantitative estimate of drug-likeness (QED) is 0.854. The van der Waals surface area contributed by atoms with Gasteiger partial charge in [-0.1, -0.05) is 23.7 Å². The Hall–Kier alpha value is -1.58. The van der Waals surface area contributed by atoms with E-state index in [1.165, 1.54) is 18.9 Å². The monoisotopic (exact) mass is 305 g/mol. The normalized spacial score (nSPS) is 14.2. The Morgan fingerprint density at radius 3 is 2.81 bits per heavy atom. The Labute approximate surface area is 128 Å². The molecule has 21 heavy (non-hydrogen) atoms. The summed E-state index contributed by atoms with van der Waals surface area (Å²) in [5.74, 6) is 0.991. The third kappa shape index (κ3) is 3.55. The van der Waals surface area contributed by atoms with Crippen LogP contribution >= 0.6 is 11.6 Å². The van der Waals surface area contributed by atoms with Gasteiger partial charge in [0.2, 0.25) is 0 Å². The fourth-order valence-electron chi connectivity index (χ4n) is 2.15. The van der Waals surface area contributed by atoms with Gasteiger partial charge in [-0.3, -0.25) is 0 Å². The molecule has 1 fully saturated rings. The molecule has 2 nitrogen and oxygen atoms in total. The molecule has 0 aromatic heterocycles. The molecule has 2 aromatic carbocycles. The first-order valence-corrected chi connectivity index (χ1v) is 7.46. The smallest absolute Gasteiger partial charge is 0.150 e. The molecule has 1 saturated carbocycles. The lowest BCUT2D eigenvalue weighted by Crippen LogP contribution is -2.15. The lowest BCUT2D eigenvalue weighted by molar-refractivity contribution is 0.470. The summed E-state index contributed by atoms with van der Waals surface area (Å²) in [5.41, 5.74) is 1.56. The molecule has 2 aromatic rings. The summed E-state index contributed by atoms with van der Waals surface area (Å²) in [7, 11) is 0. The van der Waals surface area contributed by atoms with Crippen LogP contribution in [0.25, 0.3) is 0 Å². The number of halogens is 2. The predicted molar refractivity (Wildman–Crippen MR) is 82.5 cm³/mol. The van der Waals surface area contributed by atoms with E-state index in [0.717, 1.165) is 12.1 Å². The highest BCUT2D eigenvalue weighted by atomic mass is 35.5. The number of benzene rings is 2. The number of hydrogen-bond acceptors (Lipinski definition) is 2. The molecular formula is C17H17ClFNO. The SMILES string of the molecule is Cc1cc(Oc2c(Cl)cccc2CNC2CC2)ccc1F. The van der Waals surface area contributed by atoms with Crippen LogP contribution in [0, 0.1) is 12.7 Å². The second kappa shape index (κ2) is 6.04. The van der Waals surface area contributed by atoms with Crippen LogP contribution in [0.3, 0.4) is 0 Å². The Morgan fingerprint density at radius 2 is 2.10 bits per heavy atom. The molecule has 3 rings (SSSR count). The van der Waals surface area contributed by atoms with Crippen molar-refractivity contribution >= 4 is 11.6 Å². The Kier molecular flexibility index (Phi) is 4.13. The number of ether oxygens (including phenoxy) is 1. The fourth-order valence-corrected chi connectivity index (χ4v) is 2.38. The Morgan fingerprint density at radius 1 is 1.29 bits per heavy atom. The summed E-state index contributed by atoms with van der Waals surface area (Å²) < 4.78 is 19.2. The van der Waals surface area contributed by atoms with E-state index in [2.05, 4.69) is 5.32 Å². The standard InChI is InChI=1S/C17H17ClFNO/c1-11-9-14(7-8-16(11)19)21-17-12(3-2-4-15(17)18)10-20-13-5-6-13/h2-4,7-9,13,20H,5-6,10H2,1H3. The van der Waals surface area contributed by atoms with Crippen LogP contribution in [0.4, 0.5) is 4.39 Å². The summed E-state index contributed by atoms with van der Waals surface area (Å²) in [6.45, 7) is 2.44. The lowest BCUT2D eigenvalue weighted by Gasteiger charge is -2.14. The molecule has 0 unspecified atom stereocenters. The molecule has 1 aliphatic carbocycles. The van der Waals surface area contributed by atoms with Gasteiger partial charge in [-0.15, -0.1) is 0 Å². The molecule has 0 radical (unpaired) electrons. The molecule has 1 N–H and O–H groups in total. The van der Waals surface area contributed by atoms with Gasteiger partial charge >= 0.3 is 0 Å². The van der Waals surface area contributed by atoms with E-state index in [9.17, 15) is 4.39 Å². The minimum absolute atomic E-state index is 0.239. The van der Waals surface area contributed by atoms with Gasteiger partial charge < -0.3 is 10.1 Å². The summed E-state index contributed by atoms with van der Waals surface area (Å²) in [6.07, 6.45) is 2.46. The molecule has 110 valence electrons. The first-order valence-electron chi connectivity index (χ1n) is 7.08. The highest BCUT2D eigenvalue weighted by Gasteiger charge is 2.21. The van der Waals surface area contributed by atoms with Gasteiger partial charge in [-0.2, -0.15) is 0 Å². The lowest BCUT2D eigenvalue weighted by atomic mass is 10.2. The zero-order valence-electron chi connectivity index (χ0n) is 11.8. The van der Waals surface area contributed by atoms with Crippen LogP contribution < -0.4 is 10.1 Å². The third-order valence-corrected chi connectivity index (χ3v) is 3.85. The molecule has 0 heterocycles. The topological polar surface area (TPSA) is 21.3 Å². The van der Waals surface area contributed by atoms with Gasteiger partial charge in [0.1, 0.15) is 17.3 Å². The van der Waals surface area contributed by atoms with Crippen LogP contribution in [0.2, 0.25) is 5.02 Å². The molecule has 4 heteroatoms. The number of rotatable bonds is 5. The van der Waals surface area contributed by atoms with E-state index < -0.39 is 0 Å². The van der Waals surface area contributed by atoms with Crippen molar-refractivity contribution in [2.24, 2.45) is 0 Å². The van der Waals surface area contributed by atoms with Gasteiger partial charge in [0.05, 0.1) is 5.02 Å². The van der Waals surface area contributed by atoms with Crippen LogP contribution in [0.5, 0.6) is 11.5 Å². The molecular weight excluding hydrogens is 289 g/mol. The van der Waals surface area contributed by atoms with Crippen molar-refractivity contribution in [2.45, 2.75) is 32.4 Å². The van der Waals surface area contributed by atoms with Crippen molar-refractivity contribution in [2.75, 3.05) is 0 Å². The van der Waals surface area contributed by atoms with E-state index in [4.69, 9.17) is 16.3 Å². The zero-order valence-corrected chi connectivity index (χ0v) is 12.6. The first-order chi connectivity index (χ1) is 10.1. The molecule has 0 spiro atoms. The fraction of sp³-hybridized carbons (Fsp3) is 0.294. The summed E-state index contributed by atoms with van der Waals surface area (Å²) in [4.78, 5) is 0. The number of para-hydroxylation sites is 1. The van der Waals surface area contributed by atoms with Gasteiger partial charge in [0.15, 0.2) is 0 Å². The molecule has 0 aliphatic heterocycles. The van der Waals surface area contributed by atoms with Crippen molar-refractivity contribution in [1.29, 1.82) is 0 Å². The second-order valence-electron chi connectivity index (χ2n) is 5.40. The maximum Gasteiger partial charge on any atom is 0.150 e. The Balaban J connectivity index is 1.83. The molecule has 0 saturated heterocycles. The molecule has 0 amide bonds. The average molecular weight is 306 g/mol. The van der Waals surface area contributed by atoms with Crippen LogP contribution in [0.1, 0.15) is 24.0 Å². The van der Waals surface area contributed by atoms with Crippen molar-refractivity contribution in [3.8, 4) is 11.5 Å². The van der Waals surface area contributed by atoms with Crippen molar-refractivity contribution < 1.29 is 9.13 Å². The van der Waals surface area contributed by atoms with Crippen molar-refractivity contribution in [1.82, 2.24) is 5.32 Å². The average Bonchev–Trinajstić information content (AvgIpc) is 3.28. The maximum absolute atomic E-state index is 13.3. The maximum atomic E-state index is 13.3. The van der Waals surface area contributed by atoms with Crippen LogP contribution in [0.15, 0.2) is 36.4 Å². The minimum atomic E-state index is -0.239. The predicted octanol–water partition coefficient (Wildman–Crippen LogP) is 4.83. The molecule has 0 atom stereocenters. The summed E-state index contributed by atoms with van der Waals surface area (Å²) in [6, 6.07) is 11.0. The number of hydrogen-bond donors (Lipinski definition) is 1. The Bertz CT molecular complexity index is 655. The van der Waals surface area contributed by atoms with Crippen LogP contribution in [-0.4, -0.2) is 6.04 Å². The first kappa shape index (κ1) is 14.4. The molecule has 0 bridgehead atoms. The van der Waals surface area contributed by atoms with Gasteiger partial charge in [0, 0.05) is 18.2 Å². The largest absolute Gasteiger partial charge is 0.455 e. The van der Waals surface area contributed by atoms with E-state index >= 15 is 0 Å². The van der Waals surface area contributed by atoms with Crippen molar-refractivity contribution in [3.63, 3.8) is 0 Å². The summed E-state index contributed by atoms with van der Waals surface area (Å²) in [5, 5.41) is 4.01. The zero-order chi connectivity index (χ0) is 14.8. The van der Waals surface area contributed by atoms with Gasteiger partial charge in [-0.05, 0) is 49.6 Å². The van der Waals surface area contributed by atoms with Gasteiger partial charge in [-0.25, -0.2) is 4.39 Å². The van der Waals surface area contributed by atoms with E-state index in [1.807, 2.05) is 12.1 Å². The number of nitrogens with one attached hydrogen (secondary N) is 1. The van der Waals surface area contributed by atoms with E-state index in [1.54, 1.807) is 25.1 Å². The minimum Gasteiger partial charge on any atom is -0.455 e. The number of aryl methyl sites for hydroxylation is 1. The van der Waals surface area contributed by atoms with Crippen molar-refractivity contribution in [3.05, 3.63) is 58.4 Å². The highest BCUT2D eigenvalue weighted by Crippen LogP contribution is 2.34. The highest BCUT2D eigenvalue weighted by molar-refractivity contribution is 6.32. The molecule has 1 aliphatic rings. The third-order valence-electron chi connectivity index (χ3n) is 3.56.